The van der Waals surface area contributed by atoms with Crippen molar-refractivity contribution in [1.29, 1.82) is 0 Å². The Kier molecular flexibility index (Phi) is 14.2. The summed E-state index contributed by atoms with van der Waals surface area (Å²) in [6.07, 6.45) is 17.7. The molecule has 0 aromatic heterocycles. The SMILES string of the molecule is CCCCCCCCc1ccc(CCCCCCCC)c(NC(=O)CCl)c1. The van der Waals surface area contributed by atoms with Gasteiger partial charge in [-0.3, -0.25) is 4.79 Å². The van der Waals surface area contributed by atoms with Crippen molar-refractivity contribution in [2.45, 2.75) is 104 Å². The highest BCUT2D eigenvalue weighted by Gasteiger charge is 2.08. The van der Waals surface area contributed by atoms with E-state index >= 15 is 0 Å². The number of rotatable bonds is 16. The van der Waals surface area contributed by atoms with Crippen LogP contribution in [0.1, 0.15) is 102 Å². The van der Waals surface area contributed by atoms with Crippen LogP contribution in [0.5, 0.6) is 0 Å². The van der Waals surface area contributed by atoms with E-state index in [1.54, 1.807) is 0 Å². The summed E-state index contributed by atoms with van der Waals surface area (Å²) in [7, 11) is 0. The number of alkyl halides is 1. The number of benzene rings is 1. The van der Waals surface area contributed by atoms with E-state index in [0.29, 0.717) is 0 Å². The van der Waals surface area contributed by atoms with Crippen LogP contribution in [0.25, 0.3) is 0 Å². The molecule has 1 aromatic carbocycles. The van der Waals surface area contributed by atoms with Crippen molar-refractivity contribution in [3.8, 4) is 0 Å². The van der Waals surface area contributed by atoms with E-state index in [0.717, 1.165) is 18.5 Å². The molecule has 0 atom stereocenters. The van der Waals surface area contributed by atoms with Gasteiger partial charge in [0.2, 0.25) is 5.91 Å². The average molecular weight is 394 g/mol. The van der Waals surface area contributed by atoms with Gasteiger partial charge < -0.3 is 5.32 Å². The third-order valence-corrected chi connectivity index (χ3v) is 5.43. The van der Waals surface area contributed by atoms with Crippen molar-refractivity contribution in [2.75, 3.05) is 11.2 Å². The number of carbonyl (C=O) groups excluding carboxylic acids is 1. The van der Waals surface area contributed by atoms with Crippen LogP contribution in [-0.4, -0.2) is 11.8 Å². The summed E-state index contributed by atoms with van der Waals surface area (Å²) < 4.78 is 0. The molecule has 0 saturated carbocycles. The van der Waals surface area contributed by atoms with Gasteiger partial charge in [0.05, 0.1) is 0 Å². The smallest absolute Gasteiger partial charge is 0.239 e. The summed E-state index contributed by atoms with van der Waals surface area (Å²) in [6, 6.07) is 6.63. The maximum absolute atomic E-state index is 11.8. The first kappa shape index (κ1) is 24.0. The minimum Gasteiger partial charge on any atom is -0.325 e. The zero-order valence-electron chi connectivity index (χ0n) is 17.6. The van der Waals surface area contributed by atoms with Crippen LogP contribution in [0.2, 0.25) is 0 Å². The summed E-state index contributed by atoms with van der Waals surface area (Å²) in [4.78, 5) is 11.8. The fraction of sp³-hybridized carbons (Fsp3) is 0.708. The Morgan fingerprint density at radius 3 is 1.96 bits per heavy atom. The zero-order valence-corrected chi connectivity index (χ0v) is 18.4. The van der Waals surface area contributed by atoms with Gasteiger partial charge in [-0.1, -0.05) is 90.2 Å². The van der Waals surface area contributed by atoms with Crippen molar-refractivity contribution in [3.05, 3.63) is 29.3 Å². The predicted molar refractivity (Wildman–Crippen MR) is 120 cm³/mol. The molecule has 0 aliphatic rings. The Morgan fingerprint density at radius 2 is 1.37 bits per heavy atom. The number of hydrogen-bond donors (Lipinski definition) is 1. The first-order chi connectivity index (χ1) is 13.2. The topological polar surface area (TPSA) is 29.1 Å². The maximum Gasteiger partial charge on any atom is 0.239 e. The minimum atomic E-state index is -0.113. The van der Waals surface area contributed by atoms with E-state index in [4.69, 9.17) is 11.6 Å². The average Bonchev–Trinajstić information content (AvgIpc) is 2.68. The minimum absolute atomic E-state index is 0.0120. The Hall–Kier alpha value is -1.02. The van der Waals surface area contributed by atoms with Gasteiger partial charge in [0.15, 0.2) is 0 Å². The van der Waals surface area contributed by atoms with E-state index in [1.807, 2.05) is 0 Å². The van der Waals surface area contributed by atoms with Gasteiger partial charge in [0.1, 0.15) is 5.88 Å². The van der Waals surface area contributed by atoms with Crippen LogP contribution < -0.4 is 5.32 Å². The molecule has 0 unspecified atom stereocenters. The van der Waals surface area contributed by atoms with Crippen molar-refractivity contribution in [2.24, 2.45) is 0 Å². The number of nitrogens with one attached hydrogen (secondary N) is 1. The quantitative estimate of drug-likeness (QED) is 0.226. The lowest BCUT2D eigenvalue weighted by Gasteiger charge is -2.13. The highest BCUT2D eigenvalue weighted by atomic mass is 35.5. The van der Waals surface area contributed by atoms with Crippen LogP contribution in [0.15, 0.2) is 18.2 Å². The molecule has 1 N–H and O–H groups in total. The second-order valence-corrected chi connectivity index (χ2v) is 7.98. The Balaban J connectivity index is 2.53. The van der Waals surface area contributed by atoms with E-state index in [-0.39, 0.29) is 11.8 Å². The third kappa shape index (κ3) is 11.4. The maximum atomic E-state index is 11.8. The second-order valence-electron chi connectivity index (χ2n) is 7.71. The monoisotopic (exact) mass is 393 g/mol. The Labute approximate surface area is 172 Å². The van der Waals surface area contributed by atoms with Crippen molar-refractivity contribution >= 4 is 23.2 Å². The van der Waals surface area contributed by atoms with Gasteiger partial charge in [-0.2, -0.15) is 0 Å². The first-order valence-electron chi connectivity index (χ1n) is 11.2. The molecule has 0 bridgehead atoms. The molecule has 0 saturated heterocycles. The van der Waals surface area contributed by atoms with Gasteiger partial charge in [-0.15, -0.1) is 11.6 Å². The molecule has 1 amide bonds. The number of carbonyl (C=O) groups is 1. The van der Waals surface area contributed by atoms with Crippen molar-refractivity contribution in [1.82, 2.24) is 0 Å². The van der Waals surface area contributed by atoms with Gasteiger partial charge in [0.25, 0.3) is 0 Å². The van der Waals surface area contributed by atoms with Crippen LogP contribution >= 0.6 is 11.6 Å². The van der Waals surface area contributed by atoms with E-state index in [2.05, 4.69) is 37.4 Å². The summed E-state index contributed by atoms with van der Waals surface area (Å²) in [5.41, 5.74) is 3.54. The normalized spacial score (nSPS) is 10.9. The summed E-state index contributed by atoms with van der Waals surface area (Å²) in [5.74, 6) is -0.101. The molecule has 0 aliphatic heterocycles. The molecular formula is C24H40ClNO. The number of anilines is 1. The fourth-order valence-corrected chi connectivity index (χ4v) is 3.57. The molecule has 27 heavy (non-hydrogen) atoms. The fourth-order valence-electron chi connectivity index (χ4n) is 3.50. The molecule has 2 nitrogen and oxygen atoms in total. The number of aryl methyl sites for hydroxylation is 2. The molecule has 1 rings (SSSR count). The van der Waals surface area contributed by atoms with Crippen LogP contribution in [0.3, 0.4) is 0 Å². The highest BCUT2D eigenvalue weighted by molar-refractivity contribution is 6.29. The number of hydrogen-bond acceptors (Lipinski definition) is 1. The highest BCUT2D eigenvalue weighted by Crippen LogP contribution is 2.22. The van der Waals surface area contributed by atoms with Gasteiger partial charge in [-0.05, 0) is 42.9 Å². The van der Waals surface area contributed by atoms with Gasteiger partial charge in [0, 0.05) is 5.69 Å². The molecule has 0 fully saturated rings. The molecule has 0 aliphatic carbocycles. The zero-order chi connectivity index (χ0) is 19.7. The lowest BCUT2D eigenvalue weighted by molar-refractivity contribution is -0.113. The Bertz CT molecular complexity index is 515. The molecule has 0 radical (unpaired) electrons. The number of halogens is 1. The van der Waals surface area contributed by atoms with Gasteiger partial charge in [-0.25, -0.2) is 0 Å². The van der Waals surface area contributed by atoms with Crippen LogP contribution in [0, 0.1) is 0 Å². The van der Waals surface area contributed by atoms with E-state index in [1.165, 1.54) is 88.2 Å². The van der Waals surface area contributed by atoms with E-state index in [9.17, 15) is 4.79 Å². The predicted octanol–water partition coefficient (Wildman–Crippen LogP) is 7.67. The summed E-state index contributed by atoms with van der Waals surface area (Å²) in [5, 5.41) is 3.01. The standard InChI is InChI=1S/C24H40ClNO/c1-3-5-7-9-11-13-15-21-17-18-22(16-14-12-10-8-6-4-2)23(19-21)26-24(27)20-25/h17-19H,3-16,20H2,1-2H3,(H,26,27). The number of unbranched alkanes of at least 4 members (excludes halogenated alkanes) is 10. The summed E-state index contributed by atoms with van der Waals surface area (Å²) >= 11 is 5.70. The third-order valence-electron chi connectivity index (χ3n) is 5.19. The van der Waals surface area contributed by atoms with Crippen molar-refractivity contribution < 1.29 is 4.79 Å². The van der Waals surface area contributed by atoms with E-state index < -0.39 is 0 Å². The lowest BCUT2D eigenvalue weighted by Crippen LogP contribution is -2.14. The molecule has 3 heteroatoms. The van der Waals surface area contributed by atoms with Crippen LogP contribution in [-0.2, 0) is 17.6 Å². The molecule has 154 valence electrons. The first-order valence-corrected chi connectivity index (χ1v) is 11.7. The second kappa shape index (κ2) is 16.0. The van der Waals surface area contributed by atoms with Gasteiger partial charge >= 0.3 is 0 Å². The lowest BCUT2D eigenvalue weighted by atomic mass is 9.99. The molecule has 0 spiro atoms. The Morgan fingerprint density at radius 1 is 0.815 bits per heavy atom. The summed E-state index contributed by atoms with van der Waals surface area (Å²) in [6.45, 7) is 4.50. The largest absolute Gasteiger partial charge is 0.325 e. The molecule has 1 aromatic rings. The number of amides is 1. The molecular weight excluding hydrogens is 354 g/mol. The molecule has 0 heterocycles. The van der Waals surface area contributed by atoms with Crippen molar-refractivity contribution in [3.63, 3.8) is 0 Å². The van der Waals surface area contributed by atoms with Crippen LogP contribution in [0.4, 0.5) is 5.69 Å².